The molecule has 1 rings (SSSR count). The number of aliphatic hydroxyl groups is 1. The van der Waals surface area contributed by atoms with Crippen molar-refractivity contribution in [2.24, 2.45) is 5.73 Å². The van der Waals surface area contributed by atoms with Crippen molar-refractivity contribution in [1.29, 1.82) is 0 Å². The quantitative estimate of drug-likeness (QED) is 0.745. The molecule has 0 atom stereocenters. The fourth-order valence-electron chi connectivity index (χ4n) is 1.60. The topological polar surface area (TPSA) is 83.6 Å². The molecule has 0 amide bonds. The van der Waals surface area contributed by atoms with Gasteiger partial charge in [0, 0.05) is 18.7 Å². The minimum atomic E-state index is -3.59. The van der Waals surface area contributed by atoms with Gasteiger partial charge in [0.15, 0.2) is 0 Å². The molecule has 0 spiro atoms. The van der Waals surface area contributed by atoms with Gasteiger partial charge in [0.1, 0.15) is 0 Å². The first-order valence-electron chi connectivity index (χ1n) is 5.96. The minimum Gasteiger partial charge on any atom is -0.395 e. The van der Waals surface area contributed by atoms with E-state index < -0.39 is 10.0 Å². The van der Waals surface area contributed by atoms with Crippen molar-refractivity contribution < 1.29 is 13.5 Å². The van der Waals surface area contributed by atoms with Gasteiger partial charge in [0.2, 0.25) is 10.0 Å². The number of likely N-dealkylation sites (N-methyl/N-ethyl adjacent to an activating group) is 1. The van der Waals surface area contributed by atoms with Crippen molar-refractivity contribution in [2.45, 2.75) is 11.8 Å². The average Bonchev–Trinajstić information content (AvgIpc) is 2.42. The van der Waals surface area contributed by atoms with E-state index in [-0.39, 0.29) is 24.6 Å². The molecular formula is C13H18N2O3S. The molecule has 0 unspecified atom stereocenters. The largest absolute Gasteiger partial charge is 0.395 e. The van der Waals surface area contributed by atoms with Gasteiger partial charge in [-0.3, -0.25) is 0 Å². The highest BCUT2D eigenvalue weighted by Crippen LogP contribution is 2.16. The van der Waals surface area contributed by atoms with Gasteiger partial charge in [-0.1, -0.05) is 24.8 Å². The van der Waals surface area contributed by atoms with Gasteiger partial charge in [-0.05, 0) is 18.2 Å². The third kappa shape index (κ3) is 4.04. The summed E-state index contributed by atoms with van der Waals surface area (Å²) in [6.45, 7) is 2.13. The van der Waals surface area contributed by atoms with Crippen molar-refractivity contribution in [2.75, 3.05) is 26.2 Å². The molecule has 104 valence electrons. The van der Waals surface area contributed by atoms with Crippen LogP contribution >= 0.6 is 0 Å². The Labute approximate surface area is 114 Å². The smallest absolute Gasteiger partial charge is 0.243 e. The highest BCUT2D eigenvalue weighted by Gasteiger charge is 2.22. The van der Waals surface area contributed by atoms with E-state index in [2.05, 4.69) is 11.8 Å². The normalized spacial score (nSPS) is 11.2. The van der Waals surface area contributed by atoms with Crippen molar-refractivity contribution >= 4 is 10.0 Å². The minimum absolute atomic E-state index is 0.0809. The van der Waals surface area contributed by atoms with Crippen LogP contribution in [0.4, 0.5) is 0 Å². The van der Waals surface area contributed by atoms with Crippen LogP contribution in [0, 0.1) is 11.8 Å². The molecule has 3 N–H and O–H groups in total. The zero-order valence-electron chi connectivity index (χ0n) is 10.8. The standard InChI is InChI=1S/C13H18N2O3S/c1-2-15(9-10-16)19(17,18)13-7-3-5-12(11-13)6-4-8-14/h3,5,7,11,16H,2,8-10,14H2,1H3. The Bertz CT molecular complexity index is 573. The van der Waals surface area contributed by atoms with E-state index in [4.69, 9.17) is 10.8 Å². The van der Waals surface area contributed by atoms with Crippen LogP contribution in [0.5, 0.6) is 0 Å². The summed E-state index contributed by atoms with van der Waals surface area (Å²) in [5.41, 5.74) is 5.88. The van der Waals surface area contributed by atoms with E-state index in [1.807, 2.05) is 0 Å². The van der Waals surface area contributed by atoms with E-state index in [1.165, 1.54) is 16.4 Å². The molecule has 0 fully saturated rings. The fourth-order valence-corrected chi connectivity index (χ4v) is 3.08. The average molecular weight is 282 g/mol. The molecule has 0 aliphatic heterocycles. The number of aliphatic hydroxyl groups excluding tert-OH is 1. The predicted molar refractivity (Wildman–Crippen MR) is 73.9 cm³/mol. The Balaban J connectivity index is 3.14. The van der Waals surface area contributed by atoms with Crippen molar-refractivity contribution in [3.05, 3.63) is 29.8 Å². The second-order valence-electron chi connectivity index (χ2n) is 3.75. The zero-order valence-corrected chi connectivity index (χ0v) is 11.7. The van der Waals surface area contributed by atoms with Crippen LogP contribution < -0.4 is 5.73 Å². The summed E-state index contributed by atoms with van der Waals surface area (Å²) >= 11 is 0. The first-order valence-corrected chi connectivity index (χ1v) is 7.40. The molecule has 0 saturated heterocycles. The lowest BCUT2D eigenvalue weighted by Crippen LogP contribution is -2.33. The van der Waals surface area contributed by atoms with E-state index in [9.17, 15) is 8.42 Å². The molecule has 0 aromatic heterocycles. The summed E-state index contributed by atoms with van der Waals surface area (Å²) in [7, 11) is -3.59. The van der Waals surface area contributed by atoms with Gasteiger partial charge in [-0.15, -0.1) is 0 Å². The van der Waals surface area contributed by atoms with Crippen LogP contribution in [0.1, 0.15) is 12.5 Å². The molecule has 0 bridgehead atoms. The van der Waals surface area contributed by atoms with Crippen LogP contribution in [-0.2, 0) is 10.0 Å². The number of benzene rings is 1. The van der Waals surface area contributed by atoms with Crippen molar-refractivity contribution in [3.8, 4) is 11.8 Å². The predicted octanol–water partition coefficient (Wildman–Crippen LogP) is -0.000300. The van der Waals surface area contributed by atoms with E-state index in [1.54, 1.807) is 19.1 Å². The number of hydrogen-bond acceptors (Lipinski definition) is 4. The molecule has 1 aromatic rings. The number of rotatable bonds is 5. The lowest BCUT2D eigenvalue weighted by molar-refractivity contribution is 0.257. The monoisotopic (exact) mass is 282 g/mol. The lowest BCUT2D eigenvalue weighted by Gasteiger charge is -2.19. The molecule has 0 aliphatic carbocycles. The fraction of sp³-hybridized carbons (Fsp3) is 0.385. The number of nitrogens with two attached hydrogens (primary N) is 1. The van der Waals surface area contributed by atoms with E-state index in [0.29, 0.717) is 12.1 Å². The molecule has 19 heavy (non-hydrogen) atoms. The van der Waals surface area contributed by atoms with Gasteiger partial charge >= 0.3 is 0 Å². The SMILES string of the molecule is CCN(CCO)S(=O)(=O)c1cccc(C#CCN)c1. The van der Waals surface area contributed by atoms with Crippen molar-refractivity contribution in [1.82, 2.24) is 4.31 Å². The van der Waals surface area contributed by atoms with E-state index in [0.717, 1.165) is 0 Å². The van der Waals surface area contributed by atoms with Crippen molar-refractivity contribution in [3.63, 3.8) is 0 Å². The third-order valence-electron chi connectivity index (χ3n) is 2.51. The Morgan fingerprint density at radius 3 is 2.74 bits per heavy atom. The highest BCUT2D eigenvalue weighted by atomic mass is 32.2. The molecule has 0 saturated carbocycles. The van der Waals surface area contributed by atoms with Gasteiger partial charge in [0.05, 0.1) is 18.0 Å². The Kier molecular flexibility index (Phi) is 5.99. The van der Waals surface area contributed by atoms with Gasteiger partial charge in [0.25, 0.3) is 0 Å². The summed E-state index contributed by atoms with van der Waals surface area (Å²) in [5, 5.41) is 8.91. The maximum absolute atomic E-state index is 12.3. The first-order chi connectivity index (χ1) is 9.06. The second kappa shape index (κ2) is 7.26. The van der Waals surface area contributed by atoms with Crippen LogP contribution in [0.3, 0.4) is 0 Å². The Morgan fingerprint density at radius 2 is 2.16 bits per heavy atom. The summed E-state index contributed by atoms with van der Waals surface area (Å²) < 4.78 is 25.9. The van der Waals surface area contributed by atoms with E-state index >= 15 is 0 Å². The molecule has 0 heterocycles. The van der Waals surface area contributed by atoms with Gasteiger partial charge in [-0.2, -0.15) is 4.31 Å². The number of sulfonamides is 1. The second-order valence-corrected chi connectivity index (χ2v) is 5.69. The molecule has 6 heteroatoms. The van der Waals surface area contributed by atoms with Gasteiger partial charge in [-0.25, -0.2) is 8.42 Å². The maximum atomic E-state index is 12.3. The molecule has 0 aliphatic rings. The molecular weight excluding hydrogens is 264 g/mol. The Morgan fingerprint density at radius 1 is 1.42 bits per heavy atom. The molecule has 5 nitrogen and oxygen atoms in total. The number of nitrogens with zero attached hydrogens (tertiary/aromatic N) is 1. The lowest BCUT2D eigenvalue weighted by atomic mass is 10.2. The van der Waals surface area contributed by atoms with Crippen LogP contribution in [0.2, 0.25) is 0 Å². The first kappa shape index (κ1) is 15.7. The summed E-state index contributed by atoms with van der Waals surface area (Å²) in [6.07, 6.45) is 0. The summed E-state index contributed by atoms with van der Waals surface area (Å²) in [4.78, 5) is 0.173. The van der Waals surface area contributed by atoms with Gasteiger partial charge < -0.3 is 10.8 Å². The van der Waals surface area contributed by atoms with Crippen LogP contribution in [0.15, 0.2) is 29.2 Å². The number of hydrogen-bond donors (Lipinski definition) is 2. The molecule has 1 aromatic carbocycles. The Hall–Kier alpha value is -1.39. The van der Waals surface area contributed by atoms with Crippen LogP contribution in [-0.4, -0.2) is 44.1 Å². The van der Waals surface area contributed by atoms with Crippen LogP contribution in [0.25, 0.3) is 0 Å². The third-order valence-corrected chi connectivity index (χ3v) is 4.48. The zero-order chi connectivity index (χ0) is 14.3. The molecule has 0 radical (unpaired) electrons. The maximum Gasteiger partial charge on any atom is 0.243 e. The summed E-state index contributed by atoms with van der Waals surface area (Å²) in [5.74, 6) is 5.48. The summed E-state index contributed by atoms with van der Waals surface area (Å²) in [6, 6.07) is 6.39. The highest BCUT2D eigenvalue weighted by molar-refractivity contribution is 7.89.